The number of amides is 1. The van der Waals surface area contributed by atoms with Gasteiger partial charge in [0.15, 0.2) is 0 Å². The van der Waals surface area contributed by atoms with E-state index in [-0.39, 0.29) is 12.5 Å². The van der Waals surface area contributed by atoms with Gasteiger partial charge in [-0.05, 0) is 28.6 Å². The van der Waals surface area contributed by atoms with Crippen LogP contribution in [0.15, 0.2) is 35.7 Å². The monoisotopic (exact) mass is 338 g/mol. The summed E-state index contributed by atoms with van der Waals surface area (Å²) < 4.78 is 0. The number of anilines is 1. The minimum Gasteiger partial charge on any atom is -0.315 e. The van der Waals surface area contributed by atoms with E-state index in [1.807, 2.05) is 30.3 Å². The quantitative estimate of drug-likeness (QED) is 0.771. The molecule has 0 fully saturated rings. The van der Waals surface area contributed by atoms with Gasteiger partial charge in [-0.2, -0.15) is 10.1 Å². The number of tetrazole rings is 1. The smallest absolute Gasteiger partial charge is 0.248 e. The van der Waals surface area contributed by atoms with Crippen LogP contribution in [0, 0.1) is 11.3 Å². The molecule has 0 aliphatic rings. The number of aromatic nitrogens is 4. The van der Waals surface area contributed by atoms with Gasteiger partial charge in [-0.25, -0.2) is 0 Å². The molecule has 0 atom stereocenters. The van der Waals surface area contributed by atoms with Crippen LogP contribution in [0.5, 0.6) is 0 Å². The Balaban J connectivity index is 1.67. The molecule has 2 heterocycles. The Morgan fingerprint density at radius 1 is 1.33 bits per heavy atom. The van der Waals surface area contributed by atoms with Crippen molar-refractivity contribution in [3.63, 3.8) is 0 Å². The molecule has 0 bridgehead atoms. The molecule has 120 valence electrons. The molecular weight excluding hydrogens is 324 g/mol. The summed E-state index contributed by atoms with van der Waals surface area (Å²) in [5, 5.41) is 26.0. The highest BCUT2D eigenvalue weighted by Gasteiger charge is 2.12. The molecule has 1 N–H and O–H groups in total. The van der Waals surface area contributed by atoms with Crippen LogP contribution in [0.1, 0.15) is 18.1 Å². The molecule has 8 heteroatoms. The maximum atomic E-state index is 12.0. The van der Waals surface area contributed by atoms with Crippen LogP contribution in [0.25, 0.3) is 11.4 Å². The van der Waals surface area contributed by atoms with Crippen molar-refractivity contribution in [1.29, 1.82) is 5.26 Å². The molecule has 2 aromatic heterocycles. The van der Waals surface area contributed by atoms with Crippen molar-refractivity contribution >= 4 is 22.2 Å². The third-order valence-corrected chi connectivity index (χ3v) is 4.23. The lowest BCUT2D eigenvalue weighted by atomic mass is 10.1. The SMILES string of the molecule is CCc1ccc(-c2nnn(CC(=O)Nc3sccc3C#N)n2)cc1. The van der Waals surface area contributed by atoms with E-state index in [4.69, 9.17) is 5.26 Å². The van der Waals surface area contributed by atoms with Crippen molar-refractivity contribution in [3.8, 4) is 17.5 Å². The largest absolute Gasteiger partial charge is 0.315 e. The molecule has 0 saturated carbocycles. The van der Waals surface area contributed by atoms with Crippen LogP contribution < -0.4 is 5.32 Å². The lowest BCUT2D eigenvalue weighted by molar-refractivity contribution is -0.117. The predicted molar refractivity (Wildman–Crippen MR) is 90.3 cm³/mol. The van der Waals surface area contributed by atoms with Gasteiger partial charge in [-0.1, -0.05) is 31.2 Å². The van der Waals surface area contributed by atoms with Gasteiger partial charge in [0.2, 0.25) is 11.7 Å². The maximum Gasteiger partial charge on any atom is 0.248 e. The van der Waals surface area contributed by atoms with Gasteiger partial charge in [0.25, 0.3) is 0 Å². The molecule has 0 saturated heterocycles. The highest BCUT2D eigenvalue weighted by Crippen LogP contribution is 2.22. The van der Waals surface area contributed by atoms with E-state index in [9.17, 15) is 4.79 Å². The number of aryl methyl sites for hydroxylation is 1. The highest BCUT2D eigenvalue weighted by atomic mass is 32.1. The second-order valence-corrected chi connectivity index (χ2v) is 5.93. The van der Waals surface area contributed by atoms with E-state index in [0.29, 0.717) is 16.4 Å². The Morgan fingerprint density at radius 2 is 2.12 bits per heavy atom. The molecule has 24 heavy (non-hydrogen) atoms. The summed E-state index contributed by atoms with van der Waals surface area (Å²) >= 11 is 1.30. The number of nitriles is 1. The number of nitrogens with one attached hydrogen (secondary N) is 1. The Labute approximate surface area is 142 Å². The molecule has 3 aromatic rings. The zero-order chi connectivity index (χ0) is 16.9. The number of nitrogens with zero attached hydrogens (tertiary/aromatic N) is 5. The summed E-state index contributed by atoms with van der Waals surface area (Å²) in [6, 6.07) is 11.6. The second-order valence-electron chi connectivity index (χ2n) is 5.02. The summed E-state index contributed by atoms with van der Waals surface area (Å²) in [5.74, 6) is 0.165. The van der Waals surface area contributed by atoms with E-state index < -0.39 is 0 Å². The van der Waals surface area contributed by atoms with Gasteiger partial charge in [0.1, 0.15) is 17.6 Å². The number of thiophene rings is 1. The summed E-state index contributed by atoms with van der Waals surface area (Å²) in [6.45, 7) is 2.02. The first-order valence-corrected chi connectivity index (χ1v) is 8.22. The topological polar surface area (TPSA) is 96.5 Å². The van der Waals surface area contributed by atoms with E-state index >= 15 is 0 Å². The molecule has 0 aliphatic carbocycles. The van der Waals surface area contributed by atoms with Crippen LogP contribution in [-0.2, 0) is 17.8 Å². The Morgan fingerprint density at radius 3 is 2.83 bits per heavy atom. The molecular formula is C16H14N6OS. The van der Waals surface area contributed by atoms with Crippen molar-refractivity contribution in [2.24, 2.45) is 0 Å². The van der Waals surface area contributed by atoms with Crippen LogP contribution in [0.3, 0.4) is 0 Å². The lowest BCUT2D eigenvalue weighted by Gasteiger charge is -2.01. The average Bonchev–Trinajstić information content (AvgIpc) is 3.24. The predicted octanol–water partition coefficient (Wildman–Crippen LogP) is 2.47. The van der Waals surface area contributed by atoms with E-state index in [2.05, 4.69) is 27.7 Å². The lowest BCUT2D eigenvalue weighted by Crippen LogP contribution is -2.20. The van der Waals surface area contributed by atoms with Crippen molar-refractivity contribution in [2.45, 2.75) is 19.9 Å². The first-order chi connectivity index (χ1) is 11.7. The third kappa shape index (κ3) is 3.47. The third-order valence-electron chi connectivity index (χ3n) is 3.40. The van der Waals surface area contributed by atoms with Crippen LogP contribution in [0.2, 0.25) is 0 Å². The van der Waals surface area contributed by atoms with Crippen molar-refractivity contribution in [2.75, 3.05) is 5.32 Å². The number of hydrogen-bond acceptors (Lipinski definition) is 6. The fraction of sp³-hybridized carbons (Fsp3) is 0.188. The molecule has 1 amide bonds. The molecule has 1 aromatic carbocycles. The minimum atomic E-state index is -0.306. The first kappa shape index (κ1) is 15.8. The fourth-order valence-electron chi connectivity index (χ4n) is 2.10. The van der Waals surface area contributed by atoms with Crippen LogP contribution in [0.4, 0.5) is 5.00 Å². The Kier molecular flexibility index (Phi) is 4.63. The fourth-order valence-corrected chi connectivity index (χ4v) is 2.86. The molecule has 0 unspecified atom stereocenters. The molecule has 0 spiro atoms. The summed E-state index contributed by atoms with van der Waals surface area (Å²) in [4.78, 5) is 13.3. The van der Waals surface area contributed by atoms with Crippen molar-refractivity contribution < 1.29 is 4.79 Å². The first-order valence-electron chi connectivity index (χ1n) is 7.34. The normalized spacial score (nSPS) is 10.3. The summed E-state index contributed by atoms with van der Waals surface area (Å²) in [7, 11) is 0. The molecule has 0 radical (unpaired) electrons. The van der Waals surface area contributed by atoms with Crippen molar-refractivity contribution in [1.82, 2.24) is 20.2 Å². The van der Waals surface area contributed by atoms with Gasteiger partial charge < -0.3 is 5.32 Å². The van der Waals surface area contributed by atoms with Gasteiger partial charge in [-0.15, -0.1) is 21.5 Å². The summed E-state index contributed by atoms with van der Waals surface area (Å²) in [6.07, 6.45) is 0.966. The van der Waals surface area contributed by atoms with Gasteiger partial charge in [0.05, 0.1) is 5.56 Å². The van der Waals surface area contributed by atoms with Gasteiger partial charge in [0, 0.05) is 5.56 Å². The Hall–Kier alpha value is -3.05. The minimum absolute atomic E-state index is 0.0667. The average molecular weight is 338 g/mol. The zero-order valence-electron chi connectivity index (χ0n) is 12.9. The van der Waals surface area contributed by atoms with Gasteiger partial charge in [-0.3, -0.25) is 4.79 Å². The number of carbonyl (C=O) groups excluding carboxylic acids is 1. The Bertz CT molecular complexity index is 890. The number of hydrogen-bond donors (Lipinski definition) is 1. The second kappa shape index (κ2) is 7.02. The standard InChI is InChI=1S/C16H14N6OS/c1-2-11-3-5-12(6-4-11)15-19-21-22(20-15)10-14(23)18-16-13(9-17)7-8-24-16/h3-8H,2,10H2,1H3,(H,18,23). The van der Waals surface area contributed by atoms with E-state index in [1.54, 1.807) is 11.4 Å². The maximum absolute atomic E-state index is 12.0. The van der Waals surface area contributed by atoms with Gasteiger partial charge >= 0.3 is 0 Å². The molecule has 0 aliphatic heterocycles. The van der Waals surface area contributed by atoms with Crippen LogP contribution >= 0.6 is 11.3 Å². The summed E-state index contributed by atoms with van der Waals surface area (Å²) in [5.41, 5.74) is 2.52. The molecule has 7 nitrogen and oxygen atoms in total. The van der Waals surface area contributed by atoms with Crippen molar-refractivity contribution in [3.05, 3.63) is 46.8 Å². The van der Waals surface area contributed by atoms with Crippen LogP contribution in [-0.4, -0.2) is 26.1 Å². The van der Waals surface area contributed by atoms with E-state index in [0.717, 1.165) is 12.0 Å². The number of rotatable bonds is 5. The molecule has 3 rings (SSSR count). The highest BCUT2D eigenvalue weighted by molar-refractivity contribution is 7.14. The zero-order valence-corrected chi connectivity index (χ0v) is 13.7. The van der Waals surface area contributed by atoms with E-state index in [1.165, 1.54) is 21.7 Å². The number of benzene rings is 1. The number of carbonyl (C=O) groups is 1.